The molecule has 17 heavy (non-hydrogen) atoms. The molecule has 0 aromatic heterocycles. The summed E-state index contributed by atoms with van der Waals surface area (Å²) in [6.45, 7) is 4.57. The molecule has 1 N–H and O–H groups in total. The average Bonchev–Trinajstić information content (AvgIpc) is 2.23. The van der Waals surface area contributed by atoms with Crippen molar-refractivity contribution in [2.24, 2.45) is 0 Å². The number of carboxylic acids is 1. The third-order valence-electron chi connectivity index (χ3n) is 2.15. The maximum absolute atomic E-state index is 10.7. The molecule has 0 amide bonds. The summed E-state index contributed by atoms with van der Waals surface area (Å²) in [5, 5.41) is 9.43. The van der Waals surface area contributed by atoms with Gasteiger partial charge in [0.15, 0.2) is 0 Å². The number of aliphatic carboxylic acids is 1. The minimum Gasteiger partial charge on any atom is -0.480 e. The molecule has 0 saturated carbocycles. The Labute approximate surface area is 114 Å². The van der Waals surface area contributed by atoms with Crippen molar-refractivity contribution in [2.45, 2.75) is 6.54 Å². The van der Waals surface area contributed by atoms with E-state index in [1.54, 1.807) is 17.0 Å². The van der Waals surface area contributed by atoms with Gasteiger partial charge in [-0.05, 0) is 23.8 Å². The van der Waals surface area contributed by atoms with Gasteiger partial charge in [0, 0.05) is 22.6 Å². The molecule has 3 nitrogen and oxygen atoms in total. The van der Waals surface area contributed by atoms with Crippen LogP contribution in [0.15, 0.2) is 35.3 Å². The minimum atomic E-state index is -0.863. The molecule has 0 saturated heterocycles. The fourth-order valence-corrected chi connectivity index (χ4v) is 2.05. The predicted molar refractivity (Wildman–Crippen MR) is 72.3 cm³/mol. The molecule has 0 unspecified atom stereocenters. The zero-order chi connectivity index (χ0) is 12.8. The van der Waals surface area contributed by atoms with Crippen molar-refractivity contribution in [3.8, 4) is 0 Å². The summed E-state index contributed by atoms with van der Waals surface area (Å²) in [6.07, 6.45) is 1.68. The lowest BCUT2D eigenvalue weighted by Crippen LogP contribution is -2.29. The monoisotopic (exact) mass is 317 g/mol. The fraction of sp³-hybridized carbons (Fsp3) is 0.250. The summed E-state index contributed by atoms with van der Waals surface area (Å²) in [5.74, 6) is -0.863. The first-order valence-corrected chi connectivity index (χ1v) is 6.19. The number of rotatable bonds is 6. The van der Waals surface area contributed by atoms with E-state index in [1.807, 2.05) is 12.1 Å². The lowest BCUT2D eigenvalue weighted by Gasteiger charge is -2.19. The van der Waals surface area contributed by atoms with Gasteiger partial charge in [-0.25, -0.2) is 0 Å². The summed E-state index contributed by atoms with van der Waals surface area (Å²) in [5.41, 5.74) is 0.893. The summed E-state index contributed by atoms with van der Waals surface area (Å²) in [6, 6.07) is 5.52. The molecule has 0 aliphatic rings. The quantitative estimate of drug-likeness (QED) is 0.819. The summed E-state index contributed by atoms with van der Waals surface area (Å²) in [4.78, 5) is 12.5. The first-order chi connectivity index (χ1) is 8.02. The Kier molecular flexibility index (Phi) is 5.68. The Bertz CT molecular complexity index is 423. The van der Waals surface area contributed by atoms with Gasteiger partial charge in [-0.3, -0.25) is 9.69 Å². The maximum Gasteiger partial charge on any atom is 0.317 e. The van der Waals surface area contributed by atoms with Gasteiger partial charge in [0.1, 0.15) is 0 Å². The molecule has 1 aromatic rings. The third-order valence-corrected chi connectivity index (χ3v) is 3.01. The highest BCUT2D eigenvalue weighted by Gasteiger charge is 2.11. The van der Waals surface area contributed by atoms with Crippen LogP contribution in [-0.2, 0) is 11.3 Å². The van der Waals surface area contributed by atoms with Crippen molar-refractivity contribution in [3.05, 3.63) is 45.9 Å². The smallest absolute Gasteiger partial charge is 0.317 e. The number of nitrogens with zero attached hydrogens (tertiary/aromatic N) is 1. The van der Waals surface area contributed by atoms with Crippen LogP contribution in [-0.4, -0.2) is 29.1 Å². The van der Waals surface area contributed by atoms with E-state index < -0.39 is 5.97 Å². The van der Waals surface area contributed by atoms with Gasteiger partial charge in [0.05, 0.1) is 6.54 Å². The summed E-state index contributed by atoms with van der Waals surface area (Å²) < 4.78 is 0.922. The zero-order valence-corrected chi connectivity index (χ0v) is 11.5. The van der Waals surface area contributed by atoms with Crippen molar-refractivity contribution in [3.63, 3.8) is 0 Å². The summed E-state index contributed by atoms with van der Waals surface area (Å²) in [7, 11) is 0. The molecule has 0 fully saturated rings. The normalized spacial score (nSPS) is 10.5. The Morgan fingerprint density at radius 1 is 1.59 bits per heavy atom. The Morgan fingerprint density at radius 2 is 2.29 bits per heavy atom. The van der Waals surface area contributed by atoms with Crippen LogP contribution in [0.25, 0.3) is 0 Å². The zero-order valence-electron chi connectivity index (χ0n) is 9.20. The van der Waals surface area contributed by atoms with Gasteiger partial charge in [-0.15, -0.1) is 6.58 Å². The molecule has 0 aliphatic carbocycles. The molecule has 0 bridgehead atoms. The molecule has 0 heterocycles. The topological polar surface area (TPSA) is 40.5 Å². The van der Waals surface area contributed by atoms with Crippen LogP contribution >= 0.6 is 27.5 Å². The van der Waals surface area contributed by atoms with Gasteiger partial charge in [0.25, 0.3) is 0 Å². The molecule has 92 valence electrons. The second-order valence-corrected chi connectivity index (χ2v) is 4.91. The van der Waals surface area contributed by atoms with Gasteiger partial charge in [-0.1, -0.05) is 33.6 Å². The Morgan fingerprint density at radius 3 is 2.88 bits per heavy atom. The van der Waals surface area contributed by atoms with Crippen LogP contribution in [0.1, 0.15) is 5.56 Å². The lowest BCUT2D eigenvalue weighted by molar-refractivity contribution is -0.138. The standard InChI is InChI=1S/C12H13BrClNO2/c1-2-5-15(8-12(16)17)7-9-6-10(13)3-4-11(9)14/h2-4,6H,1,5,7-8H2,(H,16,17). The fourth-order valence-electron chi connectivity index (χ4n) is 1.46. The van der Waals surface area contributed by atoms with Gasteiger partial charge < -0.3 is 5.11 Å². The van der Waals surface area contributed by atoms with E-state index in [0.29, 0.717) is 18.1 Å². The van der Waals surface area contributed by atoms with Gasteiger partial charge >= 0.3 is 5.97 Å². The molecular formula is C12H13BrClNO2. The first-order valence-electron chi connectivity index (χ1n) is 5.02. The van der Waals surface area contributed by atoms with E-state index in [0.717, 1.165) is 10.0 Å². The SMILES string of the molecule is C=CCN(CC(=O)O)Cc1cc(Br)ccc1Cl. The van der Waals surface area contributed by atoms with Crippen molar-refractivity contribution in [1.29, 1.82) is 0 Å². The Hall–Kier alpha value is -0.840. The molecule has 0 aliphatic heterocycles. The summed E-state index contributed by atoms with van der Waals surface area (Å²) >= 11 is 9.42. The highest BCUT2D eigenvalue weighted by atomic mass is 79.9. The van der Waals surface area contributed by atoms with E-state index >= 15 is 0 Å². The van der Waals surface area contributed by atoms with Crippen molar-refractivity contribution >= 4 is 33.5 Å². The highest BCUT2D eigenvalue weighted by molar-refractivity contribution is 9.10. The number of benzene rings is 1. The highest BCUT2D eigenvalue weighted by Crippen LogP contribution is 2.22. The minimum absolute atomic E-state index is 0.0329. The largest absolute Gasteiger partial charge is 0.480 e. The van der Waals surface area contributed by atoms with Gasteiger partial charge in [-0.2, -0.15) is 0 Å². The number of hydrogen-bond donors (Lipinski definition) is 1. The second-order valence-electron chi connectivity index (χ2n) is 3.59. The van der Waals surface area contributed by atoms with Crippen LogP contribution < -0.4 is 0 Å². The first kappa shape index (κ1) is 14.2. The van der Waals surface area contributed by atoms with E-state index in [1.165, 1.54) is 0 Å². The van der Waals surface area contributed by atoms with Crippen LogP contribution in [0, 0.1) is 0 Å². The van der Waals surface area contributed by atoms with E-state index in [4.69, 9.17) is 16.7 Å². The molecular weight excluding hydrogens is 305 g/mol. The number of halogens is 2. The molecule has 0 radical (unpaired) electrons. The molecule has 5 heteroatoms. The number of carbonyl (C=O) groups is 1. The molecule has 1 rings (SSSR count). The Balaban J connectivity index is 2.80. The number of carboxylic acid groups (broad SMARTS) is 1. The maximum atomic E-state index is 10.7. The van der Waals surface area contributed by atoms with E-state index in [9.17, 15) is 4.79 Å². The van der Waals surface area contributed by atoms with Crippen molar-refractivity contribution in [2.75, 3.05) is 13.1 Å². The van der Waals surface area contributed by atoms with Crippen LogP contribution in [0.3, 0.4) is 0 Å². The van der Waals surface area contributed by atoms with E-state index in [-0.39, 0.29) is 6.54 Å². The second kappa shape index (κ2) is 6.79. The van der Waals surface area contributed by atoms with Crippen molar-refractivity contribution < 1.29 is 9.90 Å². The average molecular weight is 319 g/mol. The van der Waals surface area contributed by atoms with Crippen LogP contribution in [0.4, 0.5) is 0 Å². The van der Waals surface area contributed by atoms with E-state index in [2.05, 4.69) is 22.5 Å². The third kappa shape index (κ3) is 4.89. The van der Waals surface area contributed by atoms with Gasteiger partial charge in [0.2, 0.25) is 0 Å². The van der Waals surface area contributed by atoms with Crippen LogP contribution in [0.5, 0.6) is 0 Å². The van der Waals surface area contributed by atoms with Crippen molar-refractivity contribution in [1.82, 2.24) is 4.90 Å². The molecule has 0 atom stereocenters. The number of hydrogen-bond acceptors (Lipinski definition) is 2. The van der Waals surface area contributed by atoms with Crippen LogP contribution in [0.2, 0.25) is 5.02 Å². The molecule has 1 aromatic carbocycles. The molecule has 0 spiro atoms. The lowest BCUT2D eigenvalue weighted by atomic mass is 10.2. The predicted octanol–water partition coefficient (Wildman–Crippen LogP) is 3.18.